The standard InChI is InChI=1S/C19H16O/c1-2-6-13(7-3-1)19-11-14(19)10-16-15-8-4-5-9-18(15)20-12-17(16)19/h1-10,14,17H,11-12H2/t14-,17-,19-/m1/s1. The van der Waals surface area contributed by atoms with Crippen molar-refractivity contribution < 1.29 is 4.74 Å². The van der Waals surface area contributed by atoms with Crippen molar-refractivity contribution in [1.29, 1.82) is 0 Å². The van der Waals surface area contributed by atoms with Gasteiger partial charge in [-0.2, -0.15) is 0 Å². The molecular formula is C19H16O. The fourth-order valence-corrected chi connectivity index (χ4v) is 4.33. The number of rotatable bonds is 1. The van der Waals surface area contributed by atoms with E-state index in [1.165, 1.54) is 23.1 Å². The van der Waals surface area contributed by atoms with E-state index in [4.69, 9.17) is 4.74 Å². The lowest BCUT2D eigenvalue weighted by molar-refractivity contribution is 0.242. The summed E-state index contributed by atoms with van der Waals surface area (Å²) in [4.78, 5) is 0. The van der Waals surface area contributed by atoms with Gasteiger partial charge in [0.2, 0.25) is 0 Å². The zero-order valence-corrected chi connectivity index (χ0v) is 11.3. The molecule has 1 saturated carbocycles. The van der Waals surface area contributed by atoms with E-state index in [-0.39, 0.29) is 0 Å². The molecule has 1 aliphatic heterocycles. The maximum atomic E-state index is 6.04. The Labute approximate surface area is 118 Å². The van der Waals surface area contributed by atoms with Crippen LogP contribution < -0.4 is 4.74 Å². The molecule has 0 aromatic heterocycles. The van der Waals surface area contributed by atoms with Crippen LogP contribution in [0.3, 0.4) is 0 Å². The minimum Gasteiger partial charge on any atom is -0.492 e. The summed E-state index contributed by atoms with van der Waals surface area (Å²) in [6.45, 7) is 0.828. The molecule has 0 bridgehead atoms. The lowest BCUT2D eigenvalue weighted by Gasteiger charge is -2.32. The monoisotopic (exact) mass is 260 g/mol. The molecule has 2 aromatic carbocycles. The zero-order valence-electron chi connectivity index (χ0n) is 11.3. The second-order valence-electron chi connectivity index (χ2n) is 6.20. The highest BCUT2D eigenvalue weighted by Crippen LogP contribution is 2.69. The smallest absolute Gasteiger partial charge is 0.126 e. The highest BCUT2D eigenvalue weighted by atomic mass is 16.5. The van der Waals surface area contributed by atoms with Crippen molar-refractivity contribution in [3.8, 4) is 5.75 Å². The maximum Gasteiger partial charge on any atom is 0.126 e. The first-order valence-corrected chi connectivity index (χ1v) is 7.39. The van der Waals surface area contributed by atoms with E-state index in [1.807, 2.05) is 0 Å². The molecule has 1 nitrogen and oxygen atoms in total. The molecule has 2 aliphatic carbocycles. The summed E-state index contributed by atoms with van der Waals surface area (Å²) in [5.41, 5.74) is 4.65. The van der Waals surface area contributed by atoms with Gasteiger partial charge >= 0.3 is 0 Å². The lowest BCUT2D eigenvalue weighted by atomic mass is 9.78. The van der Waals surface area contributed by atoms with Crippen LogP contribution >= 0.6 is 0 Å². The summed E-state index contributed by atoms with van der Waals surface area (Å²) >= 11 is 0. The number of allylic oxidation sites excluding steroid dienone is 1. The predicted octanol–water partition coefficient (Wildman–Crippen LogP) is 4.05. The molecule has 0 saturated heterocycles. The van der Waals surface area contributed by atoms with E-state index >= 15 is 0 Å². The Balaban J connectivity index is 1.63. The third-order valence-electron chi connectivity index (χ3n) is 5.35. The van der Waals surface area contributed by atoms with E-state index in [0.29, 0.717) is 17.3 Å². The largest absolute Gasteiger partial charge is 0.492 e. The Bertz CT molecular complexity index is 716. The summed E-state index contributed by atoms with van der Waals surface area (Å²) in [7, 11) is 0. The topological polar surface area (TPSA) is 9.23 Å². The Morgan fingerprint density at radius 3 is 2.65 bits per heavy atom. The summed E-state index contributed by atoms with van der Waals surface area (Å²) in [6, 6.07) is 19.5. The molecule has 3 aliphatic rings. The van der Waals surface area contributed by atoms with Crippen molar-refractivity contribution in [3.05, 3.63) is 71.8 Å². The summed E-state index contributed by atoms with van der Waals surface area (Å²) in [5.74, 6) is 2.30. The van der Waals surface area contributed by atoms with Gasteiger partial charge < -0.3 is 4.74 Å². The van der Waals surface area contributed by atoms with Crippen LogP contribution in [0.25, 0.3) is 5.57 Å². The van der Waals surface area contributed by atoms with Gasteiger partial charge in [-0.3, -0.25) is 0 Å². The number of hydrogen-bond acceptors (Lipinski definition) is 1. The van der Waals surface area contributed by atoms with Gasteiger partial charge in [0.15, 0.2) is 0 Å². The van der Waals surface area contributed by atoms with Crippen molar-refractivity contribution in [3.63, 3.8) is 0 Å². The van der Waals surface area contributed by atoms with Crippen molar-refractivity contribution in [2.45, 2.75) is 11.8 Å². The van der Waals surface area contributed by atoms with Crippen molar-refractivity contribution >= 4 is 5.57 Å². The minimum atomic E-state index is 0.324. The molecule has 0 amide bonds. The number of fused-ring (bicyclic) bond motifs is 5. The molecule has 0 unspecified atom stereocenters. The van der Waals surface area contributed by atoms with Crippen LogP contribution in [0.2, 0.25) is 0 Å². The summed E-state index contributed by atoms with van der Waals surface area (Å²) in [5, 5.41) is 0. The molecule has 1 heterocycles. The van der Waals surface area contributed by atoms with Crippen LogP contribution in [0, 0.1) is 11.8 Å². The van der Waals surface area contributed by atoms with Crippen LogP contribution in [0.4, 0.5) is 0 Å². The van der Waals surface area contributed by atoms with Gasteiger partial charge in [-0.1, -0.05) is 54.6 Å². The fourth-order valence-electron chi connectivity index (χ4n) is 4.33. The van der Waals surface area contributed by atoms with Gasteiger partial charge in [-0.25, -0.2) is 0 Å². The summed E-state index contributed by atoms with van der Waals surface area (Å²) < 4.78 is 6.04. The van der Waals surface area contributed by atoms with Crippen molar-refractivity contribution in [1.82, 2.24) is 0 Å². The third-order valence-corrected chi connectivity index (χ3v) is 5.35. The quantitative estimate of drug-likeness (QED) is 0.751. The van der Waals surface area contributed by atoms with E-state index in [2.05, 4.69) is 60.7 Å². The van der Waals surface area contributed by atoms with Crippen LogP contribution in [0.1, 0.15) is 17.5 Å². The Morgan fingerprint density at radius 1 is 0.950 bits per heavy atom. The minimum absolute atomic E-state index is 0.324. The second-order valence-corrected chi connectivity index (χ2v) is 6.20. The first-order valence-electron chi connectivity index (χ1n) is 7.39. The first-order chi connectivity index (χ1) is 9.89. The van der Waals surface area contributed by atoms with Crippen molar-refractivity contribution in [2.24, 2.45) is 11.8 Å². The average Bonchev–Trinajstić information content (AvgIpc) is 3.15. The lowest BCUT2D eigenvalue weighted by Crippen LogP contribution is -2.29. The molecular weight excluding hydrogens is 244 g/mol. The molecule has 0 spiro atoms. The molecule has 20 heavy (non-hydrogen) atoms. The highest BCUT2D eigenvalue weighted by Gasteiger charge is 2.64. The Kier molecular flexibility index (Phi) is 1.90. The predicted molar refractivity (Wildman–Crippen MR) is 79.6 cm³/mol. The third kappa shape index (κ3) is 1.19. The Morgan fingerprint density at radius 2 is 1.75 bits per heavy atom. The van der Waals surface area contributed by atoms with E-state index < -0.39 is 0 Å². The highest BCUT2D eigenvalue weighted by molar-refractivity contribution is 5.80. The molecule has 2 aromatic rings. The molecule has 1 fully saturated rings. The van der Waals surface area contributed by atoms with Gasteiger partial charge in [0.1, 0.15) is 5.75 Å². The number of benzene rings is 2. The zero-order chi connectivity index (χ0) is 13.2. The van der Waals surface area contributed by atoms with Gasteiger partial charge in [0.25, 0.3) is 0 Å². The molecule has 0 N–H and O–H groups in total. The number of hydrogen-bond donors (Lipinski definition) is 0. The fraction of sp³-hybridized carbons (Fsp3) is 0.263. The molecule has 3 atom stereocenters. The van der Waals surface area contributed by atoms with Gasteiger partial charge in [0, 0.05) is 16.9 Å². The SMILES string of the molecule is C1=C2c3ccccc3OC[C@H]2[C@@]2(c3ccccc3)C[C@@H]12. The summed E-state index contributed by atoms with van der Waals surface area (Å²) in [6.07, 6.45) is 3.80. The van der Waals surface area contributed by atoms with Gasteiger partial charge in [-0.15, -0.1) is 0 Å². The average molecular weight is 260 g/mol. The van der Waals surface area contributed by atoms with Crippen molar-refractivity contribution in [2.75, 3.05) is 6.61 Å². The molecule has 1 heteroatoms. The first kappa shape index (κ1) is 10.7. The molecule has 5 rings (SSSR count). The van der Waals surface area contributed by atoms with Crippen LogP contribution in [0.5, 0.6) is 5.75 Å². The van der Waals surface area contributed by atoms with Gasteiger partial charge in [-0.05, 0) is 29.5 Å². The van der Waals surface area contributed by atoms with Crippen LogP contribution in [-0.2, 0) is 5.41 Å². The van der Waals surface area contributed by atoms with Gasteiger partial charge in [0.05, 0.1) is 6.61 Å². The molecule has 98 valence electrons. The second kappa shape index (κ2) is 3.54. The number of para-hydroxylation sites is 1. The van der Waals surface area contributed by atoms with E-state index in [9.17, 15) is 0 Å². The van der Waals surface area contributed by atoms with E-state index in [1.54, 1.807) is 0 Å². The van der Waals surface area contributed by atoms with E-state index in [0.717, 1.165) is 12.4 Å². The number of ether oxygens (including phenoxy) is 1. The Hall–Kier alpha value is -2.02. The van der Waals surface area contributed by atoms with Crippen LogP contribution in [-0.4, -0.2) is 6.61 Å². The normalized spacial score (nSPS) is 32.5. The van der Waals surface area contributed by atoms with Crippen LogP contribution in [0.15, 0.2) is 60.7 Å². The maximum absolute atomic E-state index is 6.04. The molecule has 0 radical (unpaired) electrons.